The Labute approximate surface area is 158 Å². The van der Waals surface area contributed by atoms with Crippen molar-refractivity contribution in [1.82, 2.24) is 19.8 Å². The molecule has 2 aromatic heterocycles. The van der Waals surface area contributed by atoms with Crippen LogP contribution in [-0.2, 0) is 19.4 Å². The number of oxazole rings is 1. The number of fused-ring (bicyclic) bond motifs is 1. The maximum Gasteiger partial charge on any atom is 0.195 e. The largest absolute Gasteiger partial charge is 0.441 e. The maximum atomic E-state index is 5.81. The molecule has 0 N–H and O–H groups in total. The molecule has 3 aromatic rings. The number of hydrogen-bond acceptors (Lipinski definition) is 6. The van der Waals surface area contributed by atoms with Crippen molar-refractivity contribution in [1.29, 1.82) is 0 Å². The number of aryl methyl sites for hydroxylation is 2. The van der Waals surface area contributed by atoms with Gasteiger partial charge in [0.1, 0.15) is 5.52 Å². The lowest BCUT2D eigenvalue weighted by molar-refractivity contribution is 0.125. The molecule has 0 spiro atoms. The molecule has 0 atom stereocenters. The van der Waals surface area contributed by atoms with Crippen molar-refractivity contribution < 1.29 is 4.42 Å². The topological polar surface area (TPSA) is 45.4 Å². The number of rotatable bonds is 7. The summed E-state index contributed by atoms with van der Waals surface area (Å²) >= 11 is 1.79. The fourth-order valence-electron chi connectivity index (χ4n) is 3.46. The lowest BCUT2D eigenvalue weighted by atomic mass is 10.2. The molecule has 4 rings (SSSR count). The number of benzene rings is 1. The summed E-state index contributed by atoms with van der Waals surface area (Å²) in [7, 11) is 0. The first-order chi connectivity index (χ1) is 12.8. The third-order valence-corrected chi connectivity index (χ3v) is 6.00. The Balaban J connectivity index is 1.19. The van der Waals surface area contributed by atoms with Gasteiger partial charge in [-0.15, -0.1) is 11.3 Å². The minimum atomic E-state index is 0.861. The highest BCUT2D eigenvalue weighted by Crippen LogP contribution is 2.16. The Kier molecular flexibility index (Phi) is 5.62. The van der Waals surface area contributed by atoms with Gasteiger partial charge in [-0.2, -0.15) is 0 Å². The van der Waals surface area contributed by atoms with Crippen LogP contribution < -0.4 is 0 Å². The molecule has 0 bridgehead atoms. The van der Waals surface area contributed by atoms with Gasteiger partial charge in [0.25, 0.3) is 0 Å². The third kappa shape index (κ3) is 4.31. The molecule has 1 aromatic carbocycles. The summed E-state index contributed by atoms with van der Waals surface area (Å²) < 4.78 is 5.81. The van der Waals surface area contributed by atoms with Gasteiger partial charge in [-0.3, -0.25) is 4.90 Å². The van der Waals surface area contributed by atoms with Crippen molar-refractivity contribution in [3.05, 3.63) is 46.2 Å². The minimum Gasteiger partial charge on any atom is -0.441 e. The summed E-state index contributed by atoms with van der Waals surface area (Å²) in [6.07, 6.45) is 3.05. The highest BCUT2D eigenvalue weighted by atomic mass is 32.1. The Morgan fingerprint density at radius 2 is 1.88 bits per heavy atom. The third-order valence-electron chi connectivity index (χ3n) is 4.96. The summed E-state index contributed by atoms with van der Waals surface area (Å²) in [6, 6.07) is 7.98. The Bertz CT molecular complexity index is 802. The predicted octanol–water partition coefficient (Wildman–Crippen LogP) is 3.60. The smallest absolute Gasteiger partial charge is 0.195 e. The van der Waals surface area contributed by atoms with Crippen LogP contribution in [0.15, 0.2) is 34.1 Å². The van der Waals surface area contributed by atoms with Crippen LogP contribution in [0.3, 0.4) is 0 Å². The Morgan fingerprint density at radius 1 is 1.08 bits per heavy atom. The zero-order chi connectivity index (χ0) is 17.8. The highest BCUT2D eigenvalue weighted by molar-refractivity contribution is 7.09. The summed E-state index contributed by atoms with van der Waals surface area (Å²) in [5.41, 5.74) is 3.09. The number of hydrogen-bond donors (Lipinski definition) is 0. The number of piperazine rings is 1. The van der Waals surface area contributed by atoms with Crippen molar-refractivity contribution in [2.45, 2.75) is 32.7 Å². The lowest BCUT2D eigenvalue weighted by Crippen LogP contribution is -2.46. The van der Waals surface area contributed by atoms with Gasteiger partial charge in [0.15, 0.2) is 11.5 Å². The molecule has 1 aliphatic heterocycles. The quantitative estimate of drug-likeness (QED) is 0.636. The number of nitrogens with zero attached hydrogens (tertiary/aromatic N) is 4. The summed E-state index contributed by atoms with van der Waals surface area (Å²) in [4.78, 5) is 14.3. The molecule has 1 fully saturated rings. The molecule has 5 nitrogen and oxygen atoms in total. The molecule has 0 aliphatic carbocycles. The van der Waals surface area contributed by atoms with E-state index in [4.69, 9.17) is 4.42 Å². The molecule has 1 aliphatic rings. The van der Waals surface area contributed by atoms with Crippen LogP contribution >= 0.6 is 11.3 Å². The zero-order valence-corrected chi connectivity index (χ0v) is 16.2. The molecule has 0 saturated carbocycles. The van der Waals surface area contributed by atoms with Crippen molar-refractivity contribution in [2.24, 2.45) is 0 Å². The molecule has 6 heteroatoms. The van der Waals surface area contributed by atoms with E-state index in [0.29, 0.717) is 0 Å². The van der Waals surface area contributed by atoms with Crippen LogP contribution in [0, 0.1) is 0 Å². The fourth-order valence-corrected chi connectivity index (χ4v) is 4.20. The van der Waals surface area contributed by atoms with Crippen LogP contribution in [0.25, 0.3) is 11.1 Å². The van der Waals surface area contributed by atoms with Crippen LogP contribution in [-0.4, -0.2) is 52.5 Å². The van der Waals surface area contributed by atoms with Gasteiger partial charge in [-0.05, 0) is 31.5 Å². The predicted molar refractivity (Wildman–Crippen MR) is 106 cm³/mol. The number of aromatic nitrogens is 2. The van der Waals surface area contributed by atoms with Gasteiger partial charge in [0, 0.05) is 44.5 Å². The Hall–Kier alpha value is -1.76. The first kappa shape index (κ1) is 17.6. The summed E-state index contributed by atoms with van der Waals surface area (Å²) in [5.74, 6) is 0.861. The summed E-state index contributed by atoms with van der Waals surface area (Å²) in [6.45, 7) is 8.80. The van der Waals surface area contributed by atoms with Crippen molar-refractivity contribution >= 4 is 22.4 Å². The second kappa shape index (κ2) is 8.29. The first-order valence-corrected chi connectivity index (χ1v) is 10.4. The van der Waals surface area contributed by atoms with Gasteiger partial charge < -0.3 is 9.32 Å². The van der Waals surface area contributed by atoms with Crippen molar-refractivity contribution in [3.8, 4) is 0 Å². The fraction of sp³-hybridized carbons (Fsp3) is 0.500. The van der Waals surface area contributed by atoms with E-state index in [1.165, 1.54) is 10.7 Å². The second-order valence-corrected chi connectivity index (χ2v) is 7.83. The zero-order valence-electron chi connectivity index (χ0n) is 15.4. The monoisotopic (exact) mass is 370 g/mol. The normalized spacial score (nSPS) is 16.5. The molecular weight excluding hydrogens is 344 g/mol. The highest BCUT2D eigenvalue weighted by Gasteiger charge is 2.17. The average Bonchev–Trinajstić information content (AvgIpc) is 3.29. The van der Waals surface area contributed by atoms with E-state index in [0.717, 1.165) is 75.5 Å². The Morgan fingerprint density at radius 3 is 2.65 bits per heavy atom. The van der Waals surface area contributed by atoms with Crippen molar-refractivity contribution in [3.63, 3.8) is 0 Å². The van der Waals surface area contributed by atoms with Gasteiger partial charge in [0.2, 0.25) is 0 Å². The first-order valence-electron chi connectivity index (χ1n) is 9.52. The molecule has 3 heterocycles. The average molecular weight is 371 g/mol. The standard InChI is InChI=1S/C20H26N4OS/c1-2-20-21-16(15-26-20)14-24-12-10-23(11-13-24)9-5-8-19-22-17-6-3-4-7-18(17)25-19/h3-4,6-7,15H,2,5,8-14H2,1H3. The molecule has 138 valence electrons. The van der Waals surface area contributed by atoms with Crippen LogP contribution in [0.1, 0.15) is 29.9 Å². The molecule has 0 unspecified atom stereocenters. The molecule has 26 heavy (non-hydrogen) atoms. The van der Waals surface area contributed by atoms with E-state index in [2.05, 4.69) is 32.1 Å². The minimum absolute atomic E-state index is 0.861. The van der Waals surface area contributed by atoms with Gasteiger partial charge in [-0.25, -0.2) is 9.97 Å². The van der Waals surface area contributed by atoms with Gasteiger partial charge in [-0.1, -0.05) is 19.1 Å². The van der Waals surface area contributed by atoms with E-state index >= 15 is 0 Å². The van der Waals surface area contributed by atoms with E-state index in [1.807, 2.05) is 24.3 Å². The van der Waals surface area contributed by atoms with Crippen LogP contribution in [0.2, 0.25) is 0 Å². The van der Waals surface area contributed by atoms with E-state index in [1.54, 1.807) is 11.3 Å². The molecule has 1 saturated heterocycles. The molecular formula is C20H26N4OS. The van der Waals surface area contributed by atoms with Crippen LogP contribution in [0.4, 0.5) is 0 Å². The van der Waals surface area contributed by atoms with Crippen molar-refractivity contribution in [2.75, 3.05) is 32.7 Å². The van der Waals surface area contributed by atoms with E-state index < -0.39 is 0 Å². The molecule has 0 radical (unpaired) electrons. The SMILES string of the molecule is CCc1nc(CN2CCN(CCCc3nc4ccccc4o3)CC2)cs1. The number of para-hydroxylation sites is 2. The lowest BCUT2D eigenvalue weighted by Gasteiger charge is -2.34. The maximum absolute atomic E-state index is 5.81. The van der Waals surface area contributed by atoms with E-state index in [9.17, 15) is 0 Å². The van der Waals surface area contributed by atoms with Gasteiger partial charge >= 0.3 is 0 Å². The van der Waals surface area contributed by atoms with Gasteiger partial charge in [0.05, 0.1) is 10.7 Å². The summed E-state index contributed by atoms with van der Waals surface area (Å²) in [5, 5.41) is 3.46. The number of thiazole rings is 1. The second-order valence-electron chi connectivity index (χ2n) is 6.88. The van der Waals surface area contributed by atoms with E-state index in [-0.39, 0.29) is 0 Å². The molecule has 0 amide bonds. The van der Waals surface area contributed by atoms with Crippen LogP contribution in [0.5, 0.6) is 0 Å².